The first-order chi connectivity index (χ1) is 23.8. The lowest BCUT2D eigenvalue weighted by Crippen LogP contribution is -2.31. The molecule has 0 saturated carbocycles. The number of aromatic carboxylic acids is 1. The molecule has 9 nitrogen and oxygen atoms in total. The third kappa shape index (κ3) is 6.67. The number of hydrogen-bond acceptors (Lipinski definition) is 6. The van der Waals surface area contributed by atoms with Crippen molar-refractivity contribution >= 4 is 34.5 Å². The first-order valence-corrected chi connectivity index (χ1v) is 16.4. The predicted octanol–water partition coefficient (Wildman–Crippen LogP) is 6.24. The maximum atomic E-state index is 13.6. The summed E-state index contributed by atoms with van der Waals surface area (Å²) in [6.45, 7) is 5.04. The van der Waals surface area contributed by atoms with Crippen LogP contribution in [0.15, 0.2) is 108 Å². The third-order valence-electron chi connectivity index (χ3n) is 9.33. The molecule has 6 rings (SSSR count). The lowest BCUT2D eigenvalue weighted by atomic mass is 9.64. The van der Waals surface area contributed by atoms with Crippen molar-refractivity contribution in [2.75, 3.05) is 38.8 Å². The topological polar surface area (TPSA) is 121 Å². The Bertz CT molecular complexity index is 2130. The first-order valence-electron chi connectivity index (χ1n) is 16.4. The highest BCUT2D eigenvalue weighted by molar-refractivity contribution is 6.09. The highest BCUT2D eigenvalue weighted by Gasteiger charge is 2.39. The van der Waals surface area contributed by atoms with Gasteiger partial charge in [-0.15, -0.1) is 0 Å². The molecule has 0 fully saturated rings. The standard InChI is InChI=1S/C41H41N5O4/c1-41(2)35-21-29(45(3)4)12-15-32(35)38(33-16-13-30(46(5)6)22-36(33)41)34-19-27(11-14-31(34)40(48)49)39(47)44-23-25-7-9-26(10-8-25)24-50-37-20-28(42)17-18-43-37/h7-22H,23-24H2,1-6H3,(H3-,42,43,44,47,48,49)/p+1. The first kappa shape index (κ1) is 33.9. The van der Waals surface area contributed by atoms with E-state index in [-0.39, 0.29) is 16.9 Å². The molecule has 0 unspecified atom stereocenters. The number of nitrogen functional groups attached to an aromatic ring is 1. The van der Waals surface area contributed by atoms with Crippen LogP contribution in [0.4, 0.5) is 11.4 Å². The van der Waals surface area contributed by atoms with Gasteiger partial charge in [0.1, 0.15) is 20.7 Å². The molecule has 1 heterocycles. The molecule has 0 radical (unpaired) electrons. The number of allylic oxidation sites excluding steroid dienone is 5. The minimum Gasteiger partial charge on any atom is -0.478 e. The quantitative estimate of drug-likeness (QED) is 0.181. The summed E-state index contributed by atoms with van der Waals surface area (Å²) in [5.74, 6) is -0.905. The number of carboxylic acid groups (broad SMARTS) is 1. The fourth-order valence-electron chi connectivity index (χ4n) is 6.45. The van der Waals surface area contributed by atoms with Crippen LogP contribution in [0, 0.1) is 0 Å². The van der Waals surface area contributed by atoms with E-state index in [4.69, 9.17) is 10.5 Å². The van der Waals surface area contributed by atoms with Crippen LogP contribution < -0.4 is 20.7 Å². The van der Waals surface area contributed by atoms with E-state index in [1.165, 1.54) is 6.07 Å². The van der Waals surface area contributed by atoms with Crippen molar-refractivity contribution in [2.24, 2.45) is 0 Å². The van der Waals surface area contributed by atoms with E-state index in [1.54, 1.807) is 30.5 Å². The minimum atomic E-state index is -1.06. The van der Waals surface area contributed by atoms with Crippen molar-refractivity contribution in [3.8, 4) is 5.88 Å². The molecule has 1 aromatic heterocycles. The number of benzene rings is 3. The van der Waals surface area contributed by atoms with Crippen molar-refractivity contribution in [1.82, 2.24) is 10.3 Å². The lowest BCUT2D eigenvalue weighted by molar-refractivity contribution is -0.462. The number of rotatable bonds is 9. The van der Waals surface area contributed by atoms with Crippen LogP contribution in [-0.4, -0.2) is 60.4 Å². The van der Waals surface area contributed by atoms with Crippen molar-refractivity contribution < 1.29 is 24.0 Å². The van der Waals surface area contributed by atoms with Gasteiger partial charge in [-0.1, -0.05) is 44.2 Å². The van der Waals surface area contributed by atoms with Gasteiger partial charge in [-0.05, 0) is 87.0 Å². The summed E-state index contributed by atoms with van der Waals surface area (Å²) in [4.78, 5) is 32.6. The van der Waals surface area contributed by atoms with E-state index in [0.717, 1.165) is 50.4 Å². The Hall–Kier alpha value is -5.96. The van der Waals surface area contributed by atoms with Gasteiger partial charge in [-0.2, -0.15) is 0 Å². The number of anilines is 2. The lowest BCUT2D eigenvalue weighted by Gasteiger charge is -2.39. The Morgan fingerprint density at radius 3 is 2.36 bits per heavy atom. The van der Waals surface area contributed by atoms with Crippen molar-refractivity contribution in [3.63, 3.8) is 0 Å². The van der Waals surface area contributed by atoms with Crippen molar-refractivity contribution in [1.29, 1.82) is 0 Å². The van der Waals surface area contributed by atoms with Gasteiger partial charge in [0.2, 0.25) is 5.88 Å². The number of carbonyl (C=O) groups is 2. The maximum absolute atomic E-state index is 13.6. The fourth-order valence-corrected chi connectivity index (χ4v) is 6.45. The second kappa shape index (κ2) is 13.5. The number of fused-ring (bicyclic) bond motifs is 2. The van der Waals surface area contributed by atoms with E-state index < -0.39 is 5.97 Å². The molecule has 254 valence electrons. The maximum Gasteiger partial charge on any atom is 0.336 e. The molecule has 4 N–H and O–H groups in total. The molecule has 9 heteroatoms. The smallest absolute Gasteiger partial charge is 0.336 e. The Labute approximate surface area is 292 Å². The summed E-state index contributed by atoms with van der Waals surface area (Å²) >= 11 is 0. The van der Waals surface area contributed by atoms with Gasteiger partial charge in [0, 0.05) is 67.4 Å². The molecule has 0 aliphatic heterocycles. The largest absolute Gasteiger partial charge is 0.478 e. The van der Waals surface area contributed by atoms with Crippen LogP contribution >= 0.6 is 0 Å². The van der Waals surface area contributed by atoms with Crippen LogP contribution in [0.2, 0.25) is 0 Å². The average Bonchev–Trinajstić information content (AvgIpc) is 3.09. The Kier molecular flexibility index (Phi) is 9.17. The van der Waals surface area contributed by atoms with Gasteiger partial charge in [-0.25, -0.2) is 14.4 Å². The molecule has 3 aromatic carbocycles. The highest BCUT2D eigenvalue weighted by atomic mass is 16.5. The summed E-state index contributed by atoms with van der Waals surface area (Å²) in [6.07, 6.45) is 7.91. The molecule has 2 aliphatic rings. The zero-order chi connectivity index (χ0) is 35.7. The molecule has 0 saturated heterocycles. The number of carbonyl (C=O) groups excluding carboxylic acids is 1. The van der Waals surface area contributed by atoms with E-state index in [0.29, 0.717) is 35.8 Å². The van der Waals surface area contributed by atoms with E-state index in [2.05, 4.69) is 70.1 Å². The number of amides is 1. The highest BCUT2D eigenvalue weighted by Crippen LogP contribution is 2.51. The Balaban J connectivity index is 1.33. The molecule has 4 aromatic rings. The van der Waals surface area contributed by atoms with Gasteiger partial charge < -0.3 is 25.8 Å². The second-order valence-corrected chi connectivity index (χ2v) is 13.5. The fraction of sp³-hybridized carbons (Fsp3) is 0.220. The average molecular weight is 669 g/mol. The molecular weight excluding hydrogens is 626 g/mol. The second-order valence-electron chi connectivity index (χ2n) is 13.5. The summed E-state index contributed by atoms with van der Waals surface area (Å²) < 4.78 is 7.80. The van der Waals surface area contributed by atoms with Crippen LogP contribution in [0.3, 0.4) is 0 Å². The van der Waals surface area contributed by atoms with Crippen LogP contribution in [0.25, 0.3) is 5.57 Å². The molecule has 50 heavy (non-hydrogen) atoms. The Morgan fingerprint density at radius 1 is 0.940 bits per heavy atom. The van der Waals surface area contributed by atoms with E-state index >= 15 is 0 Å². The van der Waals surface area contributed by atoms with Gasteiger partial charge in [0.05, 0.1) is 5.56 Å². The minimum absolute atomic E-state index is 0.132. The van der Waals surface area contributed by atoms with Gasteiger partial charge in [0.25, 0.3) is 5.91 Å². The molecule has 0 bridgehead atoms. The summed E-state index contributed by atoms with van der Waals surface area (Å²) in [5, 5.41) is 13.4. The number of nitrogens with zero attached hydrogens (tertiary/aromatic N) is 3. The molecule has 0 atom stereocenters. The number of carboxylic acids is 1. The Morgan fingerprint density at radius 2 is 1.68 bits per heavy atom. The SMILES string of the molecule is CN(C)c1ccc2c(c1)C(C)(C)C1=CC(=[N+](C)C)C=CC1=C2c1cc(C(=O)NCc2ccc(COc3cc(N)ccn3)cc2)ccc1C(=O)O. The van der Waals surface area contributed by atoms with Crippen LogP contribution in [0.5, 0.6) is 5.88 Å². The van der Waals surface area contributed by atoms with E-state index in [1.807, 2.05) is 52.5 Å². The zero-order valence-electron chi connectivity index (χ0n) is 29.2. The predicted molar refractivity (Wildman–Crippen MR) is 198 cm³/mol. The number of nitrogens with one attached hydrogen (secondary N) is 1. The van der Waals surface area contributed by atoms with Gasteiger partial charge >= 0.3 is 5.97 Å². The number of hydrogen-bond donors (Lipinski definition) is 3. The third-order valence-corrected chi connectivity index (χ3v) is 9.33. The normalized spacial score (nSPS) is 14.4. The summed E-state index contributed by atoms with van der Waals surface area (Å²) in [7, 11) is 8.03. The molecule has 0 spiro atoms. The number of pyridine rings is 1. The van der Waals surface area contributed by atoms with Crippen LogP contribution in [-0.2, 0) is 18.6 Å². The summed E-state index contributed by atoms with van der Waals surface area (Å²) in [6, 6.07) is 22.2. The zero-order valence-corrected chi connectivity index (χ0v) is 29.2. The van der Waals surface area contributed by atoms with Crippen LogP contribution in [0.1, 0.15) is 62.4 Å². The van der Waals surface area contributed by atoms with Gasteiger partial charge in [0.15, 0.2) is 5.71 Å². The number of ether oxygens (including phenoxy) is 1. The van der Waals surface area contributed by atoms with Gasteiger partial charge in [-0.3, -0.25) is 4.79 Å². The number of aromatic nitrogens is 1. The monoisotopic (exact) mass is 668 g/mol. The molecule has 1 amide bonds. The number of nitrogens with two attached hydrogens (primary N) is 1. The van der Waals surface area contributed by atoms with Crippen molar-refractivity contribution in [2.45, 2.75) is 32.4 Å². The van der Waals surface area contributed by atoms with Crippen molar-refractivity contribution in [3.05, 3.63) is 147 Å². The van der Waals surface area contributed by atoms with E-state index in [9.17, 15) is 14.7 Å². The molecule has 2 aliphatic carbocycles. The molecular formula is C41H42N5O4+. The summed E-state index contributed by atoms with van der Waals surface area (Å²) in [5.41, 5.74) is 15.8.